The second-order valence-electron chi connectivity index (χ2n) is 0. The quantitative estimate of drug-likeness (QED) is 0.287. The van der Waals surface area contributed by atoms with E-state index in [1.165, 1.54) is 0 Å². The number of halogens is 1. The number of hydrogen-bond donors (Lipinski definition) is 0. The van der Waals surface area contributed by atoms with Gasteiger partial charge in [-0.3, -0.25) is 0 Å². The molecule has 2 N–H and O–H groups in total. The Kier molecular flexibility index (Phi) is 185. The van der Waals surface area contributed by atoms with Crippen LogP contribution in [-0.2, 0) is 0 Å². The Balaban J connectivity index is 0. The summed E-state index contributed by atoms with van der Waals surface area (Å²) in [5.41, 5.74) is 0. The average molecular weight is 105 g/mol. The molecule has 0 rings (SSSR count). The first-order valence-electron chi connectivity index (χ1n) is 0. The van der Waals surface area contributed by atoms with Crippen LogP contribution in [0.15, 0.2) is 0 Å². The third-order valence-electron chi connectivity index (χ3n) is 0. The molecule has 0 unspecified atom stereocenters. The maximum absolute atomic E-state index is 0. The first-order chi connectivity index (χ1) is 0. The zero-order valence-corrected chi connectivity index (χ0v) is 6.85. The van der Waals surface area contributed by atoms with Crippen molar-refractivity contribution in [3.63, 3.8) is 0 Å². The normalized spacial score (nSPS) is 0. The van der Waals surface area contributed by atoms with E-state index in [2.05, 4.69) is 0 Å². The zero-order valence-electron chi connectivity index (χ0n) is 5.62. The van der Waals surface area contributed by atoms with Crippen LogP contribution in [0.4, 0.5) is 0 Å². The van der Waals surface area contributed by atoms with Gasteiger partial charge in [-0.1, -0.05) is 0 Å². The molecule has 0 amide bonds. The Morgan fingerprint density at radius 2 is 1.25 bits per heavy atom. The predicted molar refractivity (Wildman–Crippen MR) is 20.0 cm³/mol. The van der Waals surface area contributed by atoms with E-state index in [0.717, 1.165) is 0 Å². The molecule has 0 aromatic heterocycles. The smallest absolute Gasteiger partial charge is 1.00 e. The molecule has 22 valence electrons. The van der Waals surface area contributed by atoms with Crippen LogP contribution in [0, 0.1) is 0 Å². The van der Waals surface area contributed by atoms with Gasteiger partial charge in [0.25, 0.3) is 0 Å². The minimum Gasteiger partial charge on any atom is -1.00 e. The predicted octanol–water partition coefficient (Wildman–Crippen LogP) is -3.44. The Labute approximate surface area is 74.1 Å². The van der Waals surface area contributed by atoms with Crippen LogP contribution < -0.4 is 29.6 Å². The molecule has 0 saturated heterocycles. The van der Waals surface area contributed by atoms with E-state index in [1.807, 2.05) is 0 Å². The van der Waals surface area contributed by atoms with Crippen molar-refractivity contribution in [2.75, 3.05) is 0 Å². The zero-order chi connectivity index (χ0) is 0. The minimum absolute atomic E-state index is 0. The molecule has 0 fully saturated rings. The Bertz CT molecular complexity index is 14.9. The van der Waals surface area contributed by atoms with Gasteiger partial charge in [0.1, 0.15) is 0 Å². The summed E-state index contributed by atoms with van der Waals surface area (Å²) in [5.74, 6) is 0. The molecule has 0 aliphatic heterocycles. The number of rotatable bonds is 0. The fourth-order valence-corrected chi connectivity index (χ4v) is 0. The van der Waals surface area contributed by atoms with E-state index in [9.17, 15) is 0 Å². The van der Waals surface area contributed by atoms with Crippen molar-refractivity contribution in [2.45, 2.75) is 0 Å². The Morgan fingerprint density at radius 1 is 1.25 bits per heavy atom. The van der Waals surface area contributed by atoms with Crippen LogP contribution in [0.5, 0.6) is 0 Å². The molecule has 0 aromatic carbocycles. The first kappa shape index (κ1) is 37.2. The summed E-state index contributed by atoms with van der Waals surface area (Å²) in [7, 11) is 0. The molecule has 0 heterocycles. The molecular formula is H6ClMgNaO. The van der Waals surface area contributed by atoms with Crippen molar-refractivity contribution >= 4 is 35.5 Å². The molecule has 4 heteroatoms. The molecular weight excluding hydrogens is 98.7 g/mol. The molecule has 0 atom stereocenters. The molecule has 0 saturated carbocycles. The molecule has 1 nitrogen and oxygen atoms in total. The molecule has 0 bridgehead atoms. The van der Waals surface area contributed by atoms with Gasteiger partial charge in [0, 0.05) is 0 Å². The van der Waals surface area contributed by atoms with Crippen molar-refractivity contribution in [1.29, 1.82) is 0 Å². The van der Waals surface area contributed by atoms with E-state index in [1.54, 1.807) is 0 Å². The molecule has 0 aliphatic rings. The van der Waals surface area contributed by atoms with Gasteiger partial charge in [-0.15, -0.1) is 12.4 Å². The van der Waals surface area contributed by atoms with Crippen LogP contribution >= 0.6 is 12.4 Å². The van der Waals surface area contributed by atoms with Gasteiger partial charge in [0.2, 0.25) is 0 Å². The third kappa shape index (κ3) is 8.99. The van der Waals surface area contributed by atoms with Crippen molar-refractivity contribution in [3.05, 3.63) is 0 Å². The average Bonchev–Trinajstić information content (AvgIpc) is 0. The van der Waals surface area contributed by atoms with Gasteiger partial charge in [-0.25, -0.2) is 0 Å². The van der Waals surface area contributed by atoms with E-state index in [4.69, 9.17) is 0 Å². The topological polar surface area (TPSA) is 31.5 Å². The summed E-state index contributed by atoms with van der Waals surface area (Å²) < 4.78 is 0. The van der Waals surface area contributed by atoms with Crippen LogP contribution in [0.1, 0.15) is 4.28 Å². The van der Waals surface area contributed by atoms with Crippen LogP contribution in [0.3, 0.4) is 0 Å². The molecule has 4 heavy (non-hydrogen) atoms. The molecule has 0 spiro atoms. The van der Waals surface area contributed by atoms with Crippen LogP contribution in [0.2, 0.25) is 0 Å². The first-order valence-corrected chi connectivity index (χ1v) is 0. The van der Waals surface area contributed by atoms with Crippen molar-refractivity contribution in [2.24, 2.45) is 0 Å². The molecule has 0 aromatic rings. The molecule has 0 aliphatic carbocycles. The summed E-state index contributed by atoms with van der Waals surface area (Å²) in [6.07, 6.45) is 0. The largest absolute Gasteiger partial charge is 2.00 e. The van der Waals surface area contributed by atoms with Crippen molar-refractivity contribution < 1.29 is 39.3 Å². The summed E-state index contributed by atoms with van der Waals surface area (Å²) in [6.45, 7) is 0. The van der Waals surface area contributed by atoms with Gasteiger partial charge in [0.05, 0.1) is 0 Å². The van der Waals surface area contributed by atoms with E-state index < -0.39 is 0 Å². The fraction of sp³-hybridized carbons (Fsp3) is 0. The minimum atomic E-state index is 0. The van der Waals surface area contributed by atoms with Crippen molar-refractivity contribution in [1.82, 2.24) is 0 Å². The van der Waals surface area contributed by atoms with Crippen LogP contribution in [0.25, 0.3) is 0 Å². The second kappa shape index (κ2) is 19.9. The Morgan fingerprint density at radius 3 is 1.25 bits per heavy atom. The van der Waals surface area contributed by atoms with Gasteiger partial charge in [0.15, 0.2) is 0 Å². The summed E-state index contributed by atoms with van der Waals surface area (Å²) in [6, 6.07) is 0. The second-order valence-corrected chi connectivity index (χ2v) is 0. The van der Waals surface area contributed by atoms with Crippen LogP contribution in [-0.4, -0.2) is 28.5 Å². The molecule has 0 radical (unpaired) electrons. The van der Waals surface area contributed by atoms with Gasteiger partial charge in [-0.05, 0) is 0 Å². The van der Waals surface area contributed by atoms with Crippen molar-refractivity contribution in [3.8, 4) is 0 Å². The monoisotopic (exact) mass is 104 g/mol. The Hall–Kier alpha value is 2.02. The van der Waals surface area contributed by atoms with E-state index in [-0.39, 0.29) is 74.8 Å². The maximum Gasteiger partial charge on any atom is 2.00 e. The summed E-state index contributed by atoms with van der Waals surface area (Å²) >= 11 is 0. The summed E-state index contributed by atoms with van der Waals surface area (Å²) in [4.78, 5) is 0. The summed E-state index contributed by atoms with van der Waals surface area (Å²) in [5, 5.41) is 0. The van der Waals surface area contributed by atoms with Gasteiger partial charge >= 0.3 is 52.6 Å². The maximum atomic E-state index is 0. The van der Waals surface area contributed by atoms with E-state index in [0.29, 0.717) is 0 Å². The fourth-order valence-electron chi connectivity index (χ4n) is 0. The standard InChI is InChI=1S/ClH.Mg.Na.H2O.3H/h1H;;;1H2;;;/q;+2;+1;;3*-1. The third-order valence-corrected chi connectivity index (χ3v) is 0. The van der Waals surface area contributed by atoms with Gasteiger partial charge in [-0.2, -0.15) is 0 Å². The van der Waals surface area contributed by atoms with E-state index >= 15 is 0 Å². The number of hydrogen-bond acceptors (Lipinski definition) is 0. The van der Waals surface area contributed by atoms with Gasteiger partial charge < -0.3 is 9.76 Å². The SMILES string of the molecule is Cl.O.[H-].[H-].[H-].[Mg+2].[Na+].